The van der Waals surface area contributed by atoms with Crippen LogP contribution in [-0.2, 0) is 10.2 Å². The van der Waals surface area contributed by atoms with Crippen LogP contribution in [0.15, 0.2) is 12.1 Å². The summed E-state index contributed by atoms with van der Waals surface area (Å²) >= 11 is 7.27. The van der Waals surface area contributed by atoms with E-state index in [4.69, 9.17) is 16.7 Å². The SMILES string of the molecule is CC1(c2ccc(Cl)s2)CC1C(=O)O. The van der Waals surface area contributed by atoms with Crippen molar-refractivity contribution in [3.63, 3.8) is 0 Å². The summed E-state index contributed by atoms with van der Waals surface area (Å²) in [6.07, 6.45) is 0.735. The number of halogens is 1. The molecule has 70 valence electrons. The van der Waals surface area contributed by atoms with E-state index >= 15 is 0 Å². The Bertz CT molecular complexity index is 360. The Hall–Kier alpha value is -0.540. The van der Waals surface area contributed by atoms with Gasteiger partial charge in [-0.3, -0.25) is 4.79 Å². The molecule has 4 heteroatoms. The Morgan fingerprint density at radius 3 is 2.85 bits per heavy atom. The average molecular weight is 217 g/mol. The van der Waals surface area contributed by atoms with Gasteiger partial charge in [-0.25, -0.2) is 0 Å². The van der Waals surface area contributed by atoms with Crippen molar-refractivity contribution >= 4 is 28.9 Å². The molecule has 2 rings (SSSR count). The largest absolute Gasteiger partial charge is 0.481 e. The van der Waals surface area contributed by atoms with Gasteiger partial charge in [-0.15, -0.1) is 11.3 Å². The summed E-state index contributed by atoms with van der Waals surface area (Å²) in [5.41, 5.74) is -0.163. The van der Waals surface area contributed by atoms with Crippen LogP contribution in [0.5, 0.6) is 0 Å². The smallest absolute Gasteiger partial charge is 0.307 e. The standard InChI is InChI=1S/C9H9ClO2S/c1-9(4-5(9)8(11)12)6-2-3-7(10)13-6/h2-3,5H,4H2,1H3,(H,11,12). The van der Waals surface area contributed by atoms with Crippen LogP contribution < -0.4 is 0 Å². The molecule has 0 radical (unpaired) electrons. The zero-order chi connectivity index (χ0) is 9.64. The van der Waals surface area contributed by atoms with Crippen molar-refractivity contribution in [3.05, 3.63) is 21.3 Å². The fraction of sp³-hybridized carbons (Fsp3) is 0.444. The number of hydrogen-bond donors (Lipinski definition) is 1. The predicted molar refractivity (Wildman–Crippen MR) is 52.4 cm³/mol. The first-order valence-corrected chi connectivity index (χ1v) is 5.22. The van der Waals surface area contributed by atoms with Crippen LogP contribution in [0.1, 0.15) is 18.2 Å². The number of carbonyl (C=O) groups is 1. The topological polar surface area (TPSA) is 37.3 Å². The van der Waals surface area contributed by atoms with Crippen LogP contribution in [0, 0.1) is 5.92 Å². The lowest BCUT2D eigenvalue weighted by molar-refractivity contribution is -0.138. The summed E-state index contributed by atoms with van der Waals surface area (Å²) in [5, 5.41) is 8.83. The lowest BCUT2D eigenvalue weighted by atomic mass is 10.1. The fourth-order valence-corrected chi connectivity index (χ4v) is 2.87. The van der Waals surface area contributed by atoms with Crippen LogP contribution >= 0.6 is 22.9 Å². The number of thiophene rings is 1. The zero-order valence-electron chi connectivity index (χ0n) is 7.08. The van der Waals surface area contributed by atoms with Crippen molar-refractivity contribution in [1.29, 1.82) is 0 Å². The van der Waals surface area contributed by atoms with Gasteiger partial charge in [0.2, 0.25) is 0 Å². The van der Waals surface area contributed by atoms with Crippen molar-refractivity contribution in [1.82, 2.24) is 0 Å². The van der Waals surface area contributed by atoms with E-state index in [1.165, 1.54) is 11.3 Å². The lowest BCUT2D eigenvalue weighted by Crippen LogP contribution is -2.09. The highest BCUT2D eigenvalue weighted by molar-refractivity contribution is 7.16. The maximum atomic E-state index is 10.7. The van der Waals surface area contributed by atoms with Gasteiger partial charge in [-0.2, -0.15) is 0 Å². The molecular formula is C9H9ClO2S. The van der Waals surface area contributed by atoms with Gasteiger partial charge < -0.3 is 5.11 Å². The third-order valence-electron chi connectivity index (χ3n) is 2.67. The van der Waals surface area contributed by atoms with Crippen LogP contribution in [-0.4, -0.2) is 11.1 Å². The molecule has 13 heavy (non-hydrogen) atoms. The summed E-state index contributed by atoms with van der Waals surface area (Å²) in [7, 11) is 0. The zero-order valence-corrected chi connectivity index (χ0v) is 8.65. The predicted octanol–water partition coefficient (Wildman–Crippen LogP) is 2.76. The molecule has 1 aliphatic carbocycles. The van der Waals surface area contributed by atoms with Crippen LogP contribution in [0.2, 0.25) is 4.34 Å². The van der Waals surface area contributed by atoms with E-state index < -0.39 is 5.97 Å². The summed E-state index contributed by atoms with van der Waals surface area (Å²) in [6, 6.07) is 3.75. The number of carboxylic acids is 1. The minimum atomic E-state index is -0.702. The highest BCUT2D eigenvalue weighted by Crippen LogP contribution is 2.56. The van der Waals surface area contributed by atoms with Crippen molar-refractivity contribution < 1.29 is 9.90 Å². The molecule has 2 atom stereocenters. The summed E-state index contributed by atoms with van der Waals surface area (Å²) < 4.78 is 0.729. The van der Waals surface area contributed by atoms with Gasteiger partial charge in [0.1, 0.15) is 0 Å². The van der Waals surface area contributed by atoms with Crippen molar-refractivity contribution in [2.75, 3.05) is 0 Å². The second-order valence-corrected chi connectivity index (χ2v) is 5.33. The van der Waals surface area contributed by atoms with Gasteiger partial charge in [0.25, 0.3) is 0 Å². The fourth-order valence-electron chi connectivity index (χ4n) is 1.62. The first-order valence-electron chi connectivity index (χ1n) is 4.02. The van der Waals surface area contributed by atoms with Crippen LogP contribution in [0.3, 0.4) is 0 Å². The molecule has 1 aromatic heterocycles. The van der Waals surface area contributed by atoms with Gasteiger partial charge in [0.05, 0.1) is 10.3 Å². The van der Waals surface area contributed by atoms with Crippen molar-refractivity contribution in [3.8, 4) is 0 Å². The van der Waals surface area contributed by atoms with Gasteiger partial charge in [-0.05, 0) is 18.6 Å². The Morgan fingerprint density at radius 1 is 1.77 bits per heavy atom. The second kappa shape index (κ2) is 2.72. The molecule has 1 N–H and O–H groups in total. The minimum absolute atomic E-state index is 0.163. The van der Waals surface area contributed by atoms with Gasteiger partial charge >= 0.3 is 5.97 Å². The first kappa shape index (κ1) is 9.03. The quantitative estimate of drug-likeness (QED) is 0.826. The average Bonchev–Trinajstić information content (AvgIpc) is 2.54. The molecule has 2 nitrogen and oxygen atoms in total. The highest BCUT2D eigenvalue weighted by atomic mass is 35.5. The normalized spacial score (nSPS) is 31.7. The third-order valence-corrected chi connectivity index (χ3v) is 4.18. The van der Waals surface area contributed by atoms with Gasteiger partial charge in [0, 0.05) is 10.3 Å². The summed E-state index contributed by atoms with van der Waals surface area (Å²) in [5.74, 6) is -0.922. The molecule has 2 unspecified atom stereocenters. The molecule has 0 bridgehead atoms. The molecule has 0 saturated heterocycles. The second-order valence-electron chi connectivity index (χ2n) is 3.62. The van der Waals surface area contributed by atoms with E-state index in [2.05, 4.69) is 0 Å². The molecule has 0 aliphatic heterocycles. The van der Waals surface area contributed by atoms with Gasteiger partial charge in [0.15, 0.2) is 0 Å². The van der Waals surface area contributed by atoms with E-state index in [0.29, 0.717) is 0 Å². The summed E-state index contributed by atoms with van der Waals surface area (Å²) in [6.45, 7) is 1.98. The lowest BCUT2D eigenvalue weighted by Gasteiger charge is -2.04. The molecule has 0 spiro atoms. The van der Waals surface area contributed by atoms with Crippen LogP contribution in [0.25, 0.3) is 0 Å². The van der Waals surface area contributed by atoms with E-state index in [1.54, 1.807) is 0 Å². The maximum Gasteiger partial charge on any atom is 0.307 e. The third kappa shape index (κ3) is 1.36. The Labute approximate surface area is 85.1 Å². The monoisotopic (exact) mass is 216 g/mol. The molecular weight excluding hydrogens is 208 g/mol. The molecule has 0 aromatic carbocycles. The highest BCUT2D eigenvalue weighted by Gasteiger charge is 2.56. The summed E-state index contributed by atoms with van der Waals surface area (Å²) in [4.78, 5) is 11.8. The van der Waals surface area contributed by atoms with E-state index in [1.807, 2.05) is 19.1 Å². The number of carboxylic acid groups (broad SMARTS) is 1. The Kier molecular flexibility index (Phi) is 1.89. The molecule has 1 heterocycles. The van der Waals surface area contributed by atoms with Crippen molar-refractivity contribution in [2.45, 2.75) is 18.8 Å². The van der Waals surface area contributed by atoms with Crippen molar-refractivity contribution in [2.24, 2.45) is 5.92 Å². The molecule has 0 amide bonds. The van der Waals surface area contributed by atoms with E-state index in [0.717, 1.165) is 15.6 Å². The molecule has 1 aromatic rings. The number of aliphatic carboxylic acids is 1. The number of hydrogen-bond acceptors (Lipinski definition) is 2. The number of rotatable bonds is 2. The molecule has 1 saturated carbocycles. The van der Waals surface area contributed by atoms with E-state index in [9.17, 15) is 4.79 Å². The van der Waals surface area contributed by atoms with E-state index in [-0.39, 0.29) is 11.3 Å². The molecule has 1 fully saturated rings. The molecule has 1 aliphatic rings. The maximum absolute atomic E-state index is 10.7. The first-order chi connectivity index (χ1) is 6.04. The minimum Gasteiger partial charge on any atom is -0.481 e. The van der Waals surface area contributed by atoms with Crippen LogP contribution in [0.4, 0.5) is 0 Å². The Morgan fingerprint density at radius 2 is 2.46 bits per heavy atom. The van der Waals surface area contributed by atoms with Gasteiger partial charge in [-0.1, -0.05) is 18.5 Å². The Balaban J connectivity index is 2.24.